The van der Waals surface area contributed by atoms with Crippen LogP contribution in [0.25, 0.3) is 0 Å². The monoisotopic (exact) mass is 464 g/mol. The minimum absolute atomic E-state index is 0. The van der Waals surface area contributed by atoms with Crippen LogP contribution in [0.2, 0.25) is 0 Å². The van der Waals surface area contributed by atoms with Crippen LogP contribution >= 0.6 is 9.82 Å². The molecule has 0 saturated heterocycles. The SMILES string of the molecule is [NH4+].[NH4+].[O]=[Mo]([OH])([OH])=[S].[O]=[W](=[O])([O-])[O-]. The van der Waals surface area contributed by atoms with Gasteiger partial charge < -0.3 is 12.3 Å². The molecule has 0 heterocycles. The van der Waals surface area contributed by atoms with Crippen LogP contribution in [0.5, 0.6) is 0 Å². The van der Waals surface area contributed by atoms with E-state index in [-0.39, 0.29) is 12.3 Å². The van der Waals surface area contributed by atoms with Crippen molar-refractivity contribution in [3.8, 4) is 0 Å². The quantitative estimate of drug-likeness (QED) is 0.283. The van der Waals surface area contributed by atoms with Gasteiger partial charge in [0.25, 0.3) is 0 Å². The van der Waals surface area contributed by atoms with Crippen molar-refractivity contribution in [2.75, 3.05) is 0 Å². The third kappa shape index (κ3) is 1790. The molecule has 0 radical (unpaired) electrons. The number of hydrogen-bond acceptors (Lipinski definition) is 6. The Morgan fingerprint density at radius 3 is 1.17 bits per heavy atom. The van der Waals surface area contributed by atoms with Crippen LogP contribution in [0.4, 0.5) is 0 Å². The maximum atomic E-state index is 9.22. The van der Waals surface area contributed by atoms with Gasteiger partial charge in [-0.1, -0.05) is 0 Å². The van der Waals surface area contributed by atoms with Crippen molar-refractivity contribution in [3.05, 3.63) is 0 Å². The first-order chi connectivity index (χ1) is 4.00. The Hall–Kier alpha value is 0.757. The second-order valence-electron chi connectivity index (χ2n) is 0.856. The Kier molecular flexibility index (Phi) is 16.0. The number of quaternary nitrogens is 2. The summed E-state index contributed by atoms with van der Waals surface area (Å²) < 4.78 is 58.9. The Balaban J connectivity index is -0.0000000457. The average molecular weight is 462 g/mol. The summed E-state index contributed by atoms with van der Waals surface area (Å²) in [6.07, 6.45) is 0. The second-order valence-corrected chi connectivity index (χ2v) is 8.56. The summed E-state index contributed by atoms with van der Waals surface area (Å²) in [5, 5.41) is 0. The van der Waals surface area contributed by atoms with Gasteiger partial charge in [0.15, 0.2) is 0 Å². The molecule has 0 spiro atoms. The molecule has 80 valence electrons. The third-order valence-electron chi connectivity index (χ3n) is 0. The summed E-state index contributed by atoms with van der Waals surface area (Å²) in [6.45, 7) is 0. The Morgan fingerprint density at radius 2 is 1.17 bits per heavy atom. The Labute approximate surface area is 78.8 Å². The van der Waals surface area contributed by atoms with Gasteiger partial charge >= 0.3 is 66.8 Å². The molecule has 12 heteroatoms. The number of rotatable bonds is 0. The molecular formula is H10MoN2O7SW. The van der Waals surface area contributed by atoms with Crippen molar-refractivity contribution >= 4 is 9.82 Å². The van der Waals surface area contributed by atoms with E-state index in [0.29, 0.717) is 0 Å². The zero-order chi connectivity index (χ0) is 9.00. The molecule has 0 aliphatic heterocycles. The first-order valence-corrected chi connectivity index (χ1v) is 11.6. The third-order valence-corrected chi connectivity index (χ3v) is 0. The van der Waals surface area contributed by atoms with Gasteiger partial charge in [0.2, 0.25) is 0 Å². The standard InChI is InChI=1S/Mo.2H3N.2H2O.5O.S.W/h;2*1H3;2*1H2;;;;;;;/q+2;;;;;;;;2*-1;;. The summed E-state index contributed by atoms with van der Waals surface area (Å²) in [5.41, 5.74) is 0. The first kappa shape index (κ1) is 23.0. The van der Waals surface area contributed by atoms with Gasteiger partial charge in [-0.05, 0) is 0 Å². The minimum atomic E-state index is -6.17. The van der Waals surface area contributed by atoms with Crippen molar-refractivity contribution in [1.29, 1.82) is 0 Å². The first-order valence-electron chi connectivity index (χ1n) is 1.37. The van der Waals surface area contributed by atoms with Crippen LogP contribution in [0, 0.1) is 0 Å². The molecule has 0 saturated carbocycles. The molecule has 0 aromatic carbocycles. The van der Waals surface area contributed by atoms with Crippen molar-refractivity contribution < 1.29 is 56.9 Å². The fraction of sp³-hybridized carbons (Fsp3) is 0. The molecule has 0 aromatic heterocycles. The van der Waals surface area contributed by atoms with Crippen LogP contribution in [0.3, 0.4) is 0 Å². The van der Waals surface area contributed by atoms with Gasteiger partial charge in [0.1, 0.15) is 0 Å². The van der Waals surface area contributed by atoms with Crippen LogP contribution in [-0.2, 0) is 41.9 Å². The molecule has 0 aliphatic carbocycles. The van der Waals surface area contributed by atoms with E-state index in [1.165, 1.54) is 0 Å². The number of hydrogen-bond donors (Lipinski definition) is 4. The molecule has 0 amide bonds. The molecule has 0 unspecified atom stereocenters. The molecule has 0 aliphatic rings. The van der Waals surface area contributed by atoms with Crippen molar-refractivity contribution in [2.45, 2.75) is 0 Å². The predicted octanol–water partition coefficient (Wildman–Crippen LogP) is -2.45. The zero-order valence-electron chi connectivity index (χ0n) is 6.16. The van der Waals surface area contributed by atoms with Crippen molar-refractivity contribution in [1.82, 2.24) is 12.3 Å². The van der Waals surface area contributed by atoms with E-state index >= 15 is 0 Å². The molecule has 0 aromatic rings. The normalized spacial score (nSPS) is 9.67. The van der Waals surface area contributed by atoms with Gasteiger partial charge in [0, 0.05) is 0 Å². The molecule has 0 bridgehead atoms. The molecule has 9 nitrogen and oxygen atoms in total. The van der Waals surface area contributed by atoms with Gasteiger partial charge in [0.05, 0.1) is 0 Å². The molecule has 0 fully saturated rings. The Morgan fingerprint density at radius 1 is 1.17 bits per heavy atom. The fourth-order valence-electron chi connectivity index (χ4n) is 0. The van der Waals surface area contributed by atoms with E-state index in [1.54, 1.807) is 0 Å². The van der Waals surface area contributed by atoms with E-state index in [4.69, 9.17) is 21.8 Å². The van der Waals surface area contributed by atoms with E-state index < -0.39 is 31.7 Å². The van der Waals surface area contributed by atoms with Crippen LogP contribution in [-0.4, -0.2) is 7.52 Å². The maximum absolute atomic E-state index is 9.22. The molecular weight excluding hydrogens is 452 g/mol. The molecule has 0 atom stereocenters. The second kappa shape index (κ2) is 8.36. The Bertz CT molecular complexity index is 218. The average Bonchev–Trinajstić information content (AvgIpc) is 1.12. The summed E-state index contributed by atoms with van der Waals surface area (Å²) in [4.78, 5) is 0. The van der Waals surface area contributed by atoms with Gasteiger partial charge in [-0.3, -0.25) is 0 Å². The summed E-state index contributed by atoms with van der Waals surface area (Å²) in [7, 11) is 3.57. The van der Waals surface area contributed by atoms with Crippen LogP contribution in [0.1, 0.15) is 0 Å². The van der Waals surface area contributed by atoms with E-state index in [2.05, 4.69) is 9.82 Å². The molecule has 10 N–H and O–H groups in total. The summed E-state index contributed by atoms with van der Waals surface area (Å²) in [6, 6.07) is 0. The molecule has 0 rings (SSSR count). The van der Waals surface area contributed by atoms with E-state index in [9.17, 15) is 3.40 Å². The van der Waals surface area contributed by atoms with Gasteiger partial charge in [-0.2, -0.15) is 0 Å². The summed E-state index contributed by atoms with van der Waals surface area (Å²) in [5.74, 6) is 0. The zero-order valence-corrected chi connectivity index (χ0v) is 11.9. The van der Waals surface area contributed by atoms with Crippen LogP contribution < -0.4 is 19.8 Å². The van der Waals surface area contributed by atoms with Crippen LogP contribution in [0.15, 0.2) is 0 Å². The van der Waals surface area contributed by atoms with Crippen molar-refractivity contribution in [3.63, 3.8) is 0 Å². The summed E-state index contributed by atoms with van der Waals surface area (Å²) >= 11 is -10.9. The van der Waals surface area contributed by atoms with Gasteiger partial charge in [-0.15, -0.1) is 0 Å². The molecule has 12 heavy (non-hydrogen) atoms. The van der Waals surface area contributed by atoms with Crippen molar-refractivity contribution in [2.24, 2.45) is 0 Å². The predicted molar refractivity (Wildman–Crippen MR) is 26.1 cm³/mol. The van der Waals surface area contributed by atoms with E-state index in [1.807, 2.05) is 0 Å². The fourth-order valence-corrected chi connectivity index (χ4v) is 0. The topological polar surface area (TPSA) is 211 Å². The van der Waals surface area contributed by atoms with Gasteiger partial charge in [-0.25, -0.2) is 0 Å². The van der Waals surface area contributed by atoms with E-state index in [0.717, 1.165) is 0 Å².